The Morgan fingerprint density at radius 2 is 1.71 bits per heavy atom. The summed E-state index contributed by atoms with van der Waals surface area (Å²) in [4.78, 5) is 3.83. The van der Waals surface area contributed by atoms with Gasteiger partial charge in [0, 0.05) is 11.8 Å². The molecule has 1 aromatic heterocycles. The zero-order valence-corrected chi connectivity index (χ0v) is 11.1. The number of hydrogen-bond donors (Lipinski definition) is 1. The molecule has 1 rings (SSSR count). The maximum absolute atomic E-state index is 13.2. The molecule has 0 amide bonds. The van der Waals surface area contributed by atoms with Gasteiger partial charge in [-0.05, 0) is 30.7 Å². The van der Waals surface area contributed by atoms with Gasteiger partial charge in [0.25, 0.3) is 0 Å². The van der Waals surface area contributed by atoms with E-state index in [1.165, 1.54) is 6.07 Å². The molecule has 0 saturated heterocycles. The van der Waals surface area contributed by atoms with Crippen molar-refractivity contribution >= 4 is 0 Å². The Bertz CT molecular complexity index is 353. The van der Waals surface area contributed by atoms with Crippen molar-refractivity contribution in [3.8, 4) is 0 Å². The second kappa shape index (κ2) is 5.58. The summed E-state index contributed by atoms with van der Waals surface area (Å²) in [7, 11) is 0. The van der Waals surface area contributed by atoms with E-state index in [2.05, 4.69) is 32.7 Å². The van der Waals surface area contributed by atoms with Gasteiger partial charge in [-0.15, -0.1) is 0 Å². The quantitative estimate of drug-likeness (QED) is 0.853. The monoisotopic (exact) mass is 239 g/mol. The standard InChI is InChI=1S/C14H22FNO/c1-10(2)6-14(17,7-11(3)4)12-5-13(15)9-16-8-12/h5,8-11,17H,6-7H2,1-4H3. The molecular formula is C14H22FNO. The van der Waals surface area contributed by atoms with E-state index in [0.29, 0.717) is 30.2 Å². The maximum atomic E-state index is 13.2. The summed E-state index contributed by atoms with van der Waals surface area (Å²) in [5.74, 6) is 0.303. The topological polar surface area (TPSA) is 33.1 Å². The molecule has 1 aromatic rings. The van der Waals surface area contributed by atoms with Gasteiger partial charge in [0.1, 0.15) is 5.82 Å². The SMILES string of the molecule is CC(C)CC(O)(CC(C)C)c1cncc(F)c1. The van der Waals surface area contributed by atoms with Gasteiger partial charge in [0.2, 0.25) is 0 Å². The summed E-state index contributed by atoms with van der Waals surface area (Å²) in [6.07, 6.45) is 3.97. The third kappa shape index (κ3) is 4.08. The second-order valence-electron chi connectivity index (χ2n) is 5.62. The van der Waals surface area contributed by atoms with E-state index >= 15 is 0 Å². The number of aliphatic hydroxyl groups is 1. The third-order valence-corrected chi connectivity index (χ3v) is 2.73. The highest BCUT2D eigenvalue weighted by molar-refractivity contribution is 5.19. The Labute approximate surface area is 103 Å². The molecule has 1 heterocycles. The van der Waals surface area contributed by atoms with E-state index in [9.17, 15) is 9.50 Å². The van der Waals surface area contributed by atoms with Crippen molar-refractivity contribution in [2.45, 2.75) is 46.1 Å². The molecule has 1 N–H and O–H groups in total. The van der Waals surface area contributed by atoms with Crippen LogP contribution in [0.5, 0.6) is 0 Å². The summed E-state index contributed by atoms with van der Waals surface area (Å²) in [5, 5.41) is 10.7. The Kier molecular flexibility index (Phi) is 4.63. The van der Waals surface area contributed by atoms with Crippen molar-refractivity contribution in [3.05, 3.63) is 29.8 Å². The van der Waals surface area contributed by atoms with Crippen molar-refractivity contribution in [3.63, 3.8) is 0 Å². The number of halogens is 1. The summed E-state index contributed by atoms with van der Waals surface area (Å²) < 4.78 is 13.2. The summed E-state index contributed by atoms with van der Waals surface area (Å²) in [6.45, 7) is 8.21. The first kappa shape index (κ1) is 14.1. The van der Waals surface area contributed by atoms with Crippen LogP contribution in [0.1, 0.15) is 46.1 Å². The lowest BCUT2D eigenvalue weighted by molar-refractivity contribution is -0.00507. The molecule has 0 aliphatic heterocycles. The zero-order chi connectivity index (χ0) is 13.1. The van der Waals surface area contributed by atoms with Crippen LogP contribution in [0, 0.1) is 17.7 Å². The second-order valence-corrected chi connectivity index (χ2v) is 5.62. The fourth-order valence-corrected chi connectivity index (χ4v) is 2.34. The number of aromatic nitrogens is 1. The van der Waals surface area contributed by atoms with Crippen molar-refractivity contribution in [2.75, 3.05) is 0 Å². The molecule has 0 atom stereocenters. The number of hydrogen-bond acceptors (Lipinski definition) is 2. The number of nitrogens with zero attached hydrogens (tertiary/aromatic N) is 1. The molecule has 0 aliphatic carbocycles. The van der Waals surface area contributed by atoms with Crippen LogP contribution in [-0.4, -0.2) is 10.1 Å². The largest absolute Gasteiger partial charge is 0.385 e. The number of rotatable bonds is 5. The minimum Gasteiger partial charge on any atom is -0.385 e. The molecule has 3 heteroatoms. The van der Waals surface area contributed by atoms with E-state index in [1.807, 2.05) is 0 Å². The predicted octanol–water partition coefficient (Wildman–Crippen LogP) is 3.50. The first-order chi connectivity index (χ1) is 7.83. The van der Waals surface area contributed by atoms with Crippen LogP contribution >= 0.6 is 0 Å². The van der Waals surface area contributed by atoms with Crippen LogP contribution in [0.15, 0.2) is 18.5 Å². The molecule has 0 bridgehead atoms. The molecule has 17 heavy (non-hydrogen) atoms. The summed E-state index contributed by atoms with van der Waals surface area (Å²) >= 11 is 0. The van der Waals surface area contributed by atoms with Gasteiger partial charge < -0.3 is 5.11 Å². The molecule has 0 saturated carbocycles. The van der Waals surface area contributed by atoms with Gasteiger partial charge >= 0.3 is 0 Å². The van der Waals surface area contributed by atoms with Crippen LogP contribution in [0.4, 0.5) is 4.39 Å². The van der Waals surface area contributed by atoms with Crippen LogP contribution in [0.25, 0.3) is 0 Å². The highest BCUT2D eigenvalue weighted by Gasteiger charge is 2.31. The average molecular weight is 239 g/mol. The van der Waals surface area contributed by atoms with Crippen molar-refractivity contribution in [1.29, 1.82) is 0 Å². The summed E-state index contributed by atoms with van der Waals surface area (Å²) in [5.41, 5.74) is -0.392. The Morgan fingerprint density at radius 3 is 2.12 bits per heavy atom. The normalized spacial score (nSPS) is 12.5. The smallest absolute Gasteiger partial charge is 0.141 e. The average Bonchev–Trinajstić information content (AvgIpc) is 2.14. The zero-order valence-electron chi connectivity index (χ0n) is 11.1. The molecular weight excluding hydrogens is 217 g/mol. The molecule has 2 nitrogen and oxygen atoms in total. The third-order valence-electron chi connectivity index (χ3n) is 2.73. The van der Waals surface area contributed by atoms with Gasteiger partial charge in [0.05, 0.1) is 11.8 Å². The molecule has 0 spiro atoms. The maximum Gasteiger partial charge on any atom is 0.141 e. The van der Waals surface area contributed by atoms with Gasteiger partial charge in [-0.3, -0.25) is 4.98 Å². The first-order valence-corrected chi connectivity index (χ1v) is 6.17. The number of pyridine rings is 1. The molecule has 0 aliphatic rings. The van der Waals surface area contributed by atoms with E-state index in [0.717, 1.165) is 6.20 Å². The highest BCUT2D eigenvalue weighted by Crippen LogP contribution is 2.34. The van der Waals surface area contributed by atoms with Crippen LogP contribution in [-0.2, 0) is 5.60 Å². The fraction of sp³-hybridized carbons (Fsp3) is 0.643. The lowest BCUT2D eigenvalue weighted by atomic mass is 9.80. The Morgan fingerprint density at radius 1 is 1.18 bits per heavy atom. The van der Waals surface area contributed by atoms with Crippen LogP contribution in [0.3, 0.4) is 0 Å². The van der Waals surface area contributed by atoms with E-state index in [1.54, 1.807) is 6.20 Å². The van der Waals surface area contributed by atoms with Gasteiger partial charge in [0.15, 0.2) is 0 Å². The molecule has 0 aromatic carbocycles. The lowest BCUT2D eigenvalue weighted by Gasteiger charge is -2.31. The van der Waals surface area contributed by atoms with Crippen molar-refractivity contribution in [1.82, 2.24) is 4.98 Å². The van der Waals surface area contributed by atoms with Gasteiger partial charge in [-0.2, -0.15) is 0 Å². The van der Waals surface area contributed by atoms with Crippen molar-refractivity contribution < 1.29 is 9.50 Å². The fourth-order valence-electron chi connectivity index (χ4n) is 2.34. The van der Waals surface area contributed by atoms with Gasteiger partial charge in [-0.25, -0.2) is 4.39 Å². The first-order valence-electron chi connectivity index (χ1n) is 6.17. The van der Waals surface area contributed by atoms with E-state index < -0.39 is 11.4 Å². The minimum atomic E-state index is -0.975. The lowest BCUT2D eigenvalue weighted by Crippen LogP contribution is -2.30. The highest BCUT2D eigenvalue weighted by atomic mass is 19.1. The Hall–Kier alpha value is -0.960. The minimum absolute atomic E-state index is 0.349. The molecule has 0 fully saturated rings. The molecule has 96 valence electrons. The van der Waals surface area contributed by atoms with Crippen LogP contribution in [0.2, 0.25) is 0 Å². The van der Waals surface area contributed by atoms with Gasteiger partial charge in [-0.1, -0.05) is 27.7 Å². The molecule has 0 radical (unpaired) electrons. The Balaban J connectivity index is 3.04. The summed E-state index contributed by atoms with van der Waals surface area (Å²) in [6, 6.07) is 1.39. The predicted molar refractivity (Wildman–Crippen MR) is 67.0 cm³/mol. The van der Waals surface area contributed by atoms with E-state index in [-0.39, 0.29) is 0 Å². The van der Waals surface area contributed by atoms with Crippen LogP contribution < -0.4 is 0 Å². The van der Waals surface area contributed by atoms with E-state index in [4.69, 9.17) is 0 Å². The molecule has 0 unspecified atom stereocenters. The van der Waals surface area contributed by atoms with Crippen molar-refractivity contribution in [2.24, 2.45) is 11.8 Å².